The fraction of sp³-hybridized carbons (Fsp3) is 0.333. The van der Waals surface area contributed by atoms with Gasteiger partial charge < -0.3 is 19.7 Å². The number of methoxy groups -OCH3 is 2. The van der Waals surface area contributed by atoms with Crippen molar-refractivity contribution < 1.29 is 34.2 Å². The highest BCUT2D eigenvalue weighted by molar-refractivity contribution is 5.84. The fourth-order valence-electron chi connectivity index (χ4n) is 1.83. The predicted octanol–water partition coefficient (Wildman–Crippen LogP) is 1.25. The van der Waals surface area contributed by atoms with E-state index in [1.807, 2.05) is 0 Å². The van der Waals surface area contributed by atoms with Crippen molar-refractivity contribution in [1.82, 2.24) is 0 Å². The summed E-state index contributed by atoms with van der Waals surface area (Å²) >= 11 is 0. The first-order valence-electron chi connectivity index (χ1n) is 5.66. The Morgan fingerprint density at radius 3 is 2.14 bits per heavy atom. The molecule has 0 aliphatic heterocycles. The molecule has 0 aromatic heterocycles. The lowest BCUT2D eigenvalue weighted by atomic mass is 9.93. The minimum atomic E-state index is -1.57. The van der Waals surface area contributed by atoms with Crippen molar-refractivity contribution in [3.05, 3.63) is 27.8 Å². The molecule has 1 rings (SSSR count). The van der Waals surface area contributed by atoms with Crippen LogP contribution in [0.1, 0.15) is 17.9 Å². The first kappa shape index (κ1) is 16.2. The molecule has 0 amide bonds. The van der Waals surface area contributed by atoms with Gasteiger partial charge in [0.25, 0.3) is 5.69 Å². The molecule has 0 aliphatic carbocycles. The molecule has 0 fully saturated rings. The summed E-state index contributed by atoms with van der Waals surface area (Å²) in [5.74, 6) is -4.30. The molecular weight excluding hydrogens is 286 g/mol. The Labute approximate surface area is 118 Å². The summed E-state index contributed by atoms with van der Waals surface area (Å²) in [6.07, 6.45) is -0.786. The monoisotopic (exact) mass is 299 g/mol. The van der Waals surface area contributed by atoms with Crippen molar-refractivity contribution in [2.45, 2.75) is 12.3 Å². The second-order valence-electron chi connectivity index (χ2n) is 4.01. The van der Waals surface area contributed by atoms with Crippen LogP contribution in [0.4, 0.5) is 5.69 Å². The second-order valence-corrected chi connectivity index (χ2v) is 4.01. The molecule has 21 heavy (non-hydrogen) atoms. The zero-order valence-corrected chi connectivity index (χ0v) is 11.2. The zero-order valence-electron chi connectivity index (χ0n) is 11.2. The first-order chi connectivity index (χ1) is 9.81. The smallest absolute Gasteiger partial charge is 0.311 e. The van der Waals surface area contributed by atoms with Gasteiger partial charge in [-0.15, -0.1) is 0 Å². The number of nitro benzene ring substituents is 1. The minimum Gasteiger partial charge on any atom is -0.493 e. The maximum Gasteiger partial charge on any atom is 0.311 e. The SMILES string of the molecule is COc1cc([C@H](CC(=O)O)C(=O)O)c([N+](=O)[O-])cc1OC. The molecule has 1 atom stereocenters. The molecule has 0 aliphatic rings. The molecule has 9 nitrogen and oxygen atoms in total. The standard InChI is InChI=1S/C12H13NO8/c1-20-9-3-6(7(12(16)17)4-11(14)15)8(13(18)19)5-10(9)21-2/h3,5,7H,4H2,1-2H3,(H,14,15)(H,16,17)/t7-/m0/s1. The highest BCUT2D eigenvalue weighted by atomic mass is 16.6. The topological polar surface area (TPSA) is 136 Å². The van der Waals surface area contributed by atoms with Crippen LogP contribution in [0.25, 0.3) is 0 Å². The quantitative estimate of drug-likeness (QED) is 0.567. The Bertz CT molecular complexity index is 583. The molecule has 0 radical (unpaired) electrons. The van der Waals surface area contributed by atoms with Crippen LogP contribution in [-0.2, 0) is 9.59 Å². The molecule has 2 N–H and O–H groups in total. The van der Waals surface area contributed by atoms with Crippen molar-refractivity contribution in [1.29, 1.82) is 0 Å². The lowest BCUT2D eigenvalue weighted by Gasteiger charge is -2.14. The van der Waals surface area contributed by atoms with Gasteiger partial charge in [0.05, 0.1) is 37.5 Å². The minimum absolute atomic E-state index is 0.0485. The number of carboxylic acids is 2. The van der Waals surface area contributed by atoms with E-state index in [9.17, 15) is 19.7 Å². The highest BCUT2D eigenvalue weighted by Crippen LogP contribution is 2.39. The van der Waals surface area contributed by atoms with Crippen LogP contribution >= 0.6 is 0 Å². The third kappa shape index (κ3) is 3.59. The number of benzene rings is 1. The molecule has 0 saturated heterocycles. The summed E-state index contributed by atoms with van der Waals surface area (Å²) in [5.41, 5.74) is -0.797. The summed E-state index contributed by atoms with van der Waals surface area (Å²) in [4.78, 5) is 32.2. The van der Waals surface area contributed by atoms with Crippen LogP contribution in [0.5, 0.6) is 11.5 Å². The van der Waals surface area contributed by atoms with Gasteiger partial charge in [-0.1, -0.05) is 0 Å². The highest BCUT2D eigenvalue weighted by Gasteiger charge is 2.32. The third-order valence-electron chi connectivity index (χ3n) is 2.78. The number of aliphatic carboxylic acids is 2. The van der Waals surface area contributed by atoms with Crippen LogP contribution in [-0.4, -0.2) is 41.3 Å². The largest absolute Gasteiger partial charge is 0.493 e. The maximum atomic E-state index is 11.2. The zero-order chi connectivity index (χ0) is 16.2. The molecular formula is C12H13NO8. The van der Waals surface area contributed by atoms with Crippen LogP contribution in [0, 0.1) is 10.1 Å². The number of rotatable bonds is 7. The Hall–Kier alpha value is -2.84. The van der Waals surface area contributed by atoms with Gasteiger partial charge in [0.15, 0.2) is 11.5 Å². The van der Waals surface area contributed by atoms with Crippen molar-refractivity contribution in [2.24, 2.45) is 0 Å². The summed E-state index contributed by atoms with van der Waals surface area (Å²) in [6.45, 7) is 0. The lowest BCUT2D eigenvalue weighted by Crippen LogP contribution is -2.17. The number of hydrogen-bond acceptors (Lipinski definition) is 6. The number of carbonyl (C=O) groups is 2. The Morgan fingerprint density at radius 1 is 1.24 bits per heavy atom. The normalized spacial score (nSPS) is 11.5. The average Bonchev–Trinajstić information content (AvgIpc) is 2.42. The van der Waals surface area contributed by atoms with Gasteiger partial charge in [-0.2, -0.15) is 0 Å². The number of ether oxygens (including phenoxy) is 2. The average molecular weight is 299 g/mol. The van der Waals surface area contributed by atoms with E-state index >= 15 is 0 Å². The van der Waals surface area contributed by atoms with E-state index in [0.717, 1.165) is 12.1 Å². The van der Waals surface area contributed by atoms with E-state index in [-0.39, 0.29) is 17.1 Å². The number of carboxylic acid groups (broad SMARTS) is 2. The van der Waals surface area contributed by atoms with Gasteiger partial charge in [-0.25, -0.2) is 0 Å². The first-order valence-corrected chi connectivity index (χ1v) is 5.66. The molecule has 1 aromatic rings. The van der Waals surface area contributed by atoms with Crippen LogP contribution in [0.15, 0.2) is 12.1 Å². The van der Waals surface area contributed by atoms with Crippen molar-refractivity contribution >= 4 is 17.6 Å². The molecule has 0 heterocycles. The number of nitro groups is 1. The van der Waals surface area contributed by atoms with Gasteiger partial charge >= 0.3 is 11.9 Å². The second kappa shape index (κ2) is 6.55. The number of nitrogens with zero attached hydrogens (tertiary/aromatic N) is 1. The summed E-state index contributed by atoms with van der Waals surface area (Å²) in [5, 5.41) is 28.9. The van der Waals surface area contributed by atoms with E-state index in [1.165, 1.54) is 14.2 Å². The van der Waals surface area contributed by atoms with Crippen molar-refractivity contribution in [3.63, 3.8) is 0 Å². The van der Waals surface area contributed by atoms with E-state index in [0.29, 0.717) is 0 Å². The van der Waals surface area contributed by atoms with Gasteiger partial charge in [0.2, 0.25) is 0 Å². The van der Waals surface area contributed by atoms with E-state index in [1.54, 1.807) is 0 Å². The molecule has 114 valence electrons. The Balaban J connectivity index is 3.52. The summed E-state index contributed by atoms with van der Waals surface area (Å²) in [6, 6.07) is 2.12. The van der Waals surface area contributed by atoms with Gasteiger partial charge in [-0.05, 0) is 6.07 Å². The van der Waals surface area contributed by atoms with Crippen LogP contribution < -0.4 is 9.47 Å². The van der Waals surface area contributed by atoms with E-state index in [4.69, 9.17) is 19.7 Å². The van der Waals surface area contributed by atoms with Gasteiger partial charge in [0.1, 0.15) is 0 Å². The molecule has 9 heteroatoms. The van der Waals surface area contributed by atoms with Crippen molar-refractivity contribution in [3.8, 4) is 11.5 Å². The molecule has 0 saturated carbocycles. The number of hydrogen-bond donors (Lipinski definition) is 2. The summed E-state index contributed by atoms with van der Waals surface area (Å²) < 4.78 is 9.87. The lowest BCUT2D eigenvalue weighted by molar-refractivity contribution is -0.385. The van der Waals surface area contributed by atoms with Gasteiger partial charge in [0, 0.05) is 5.56 Å². The Morgan fingerprint density at radius 2 is 1.76 bits per heavy atom. The summed E-state index contributed by atoms with van der Waals surface area (Å²) in [7, 11) is 2.55. The molecule has 0 unspecified atom stereocenters. The fourth-order valence-corrected chi connectivity index (χ4v) is 1.83. The maximum absolute atomic E-state index is 11.2. The van der Waals surface area contributed by atoms with Crippen molar-refractivity contribution in [2.75, 3.05) is 14.2 Å². The molecule has 0 bridgehead atoms. The van der Waals surface area contributed by atoms with Crippen LogP contribution in [0.3, 0.4) is 0 Å². The molecule has 0 spiro atoms. The van der Waals surface area contributed by atoms with Gasteiger partial charge in [-0.3, -0.25) is 19.7 Å². The van der Waals surface area contributed by atoms with E-state index < -0.39 is 34.9 Å². The van der Waals surface area contributed by atoms with E-state index in [2.05, 4.69) is 0 Å². The van der Waals surface area contributed by atoms with Crippen LogP contribution in [0.2, 0.25) is 0 Å². The third-order valence-corrected chi connectivity index (χ3v) is 2.78. The Kier molecular flexibility index (Phi) is 5.06. The molecule has 1 aromatic carbocycles. The predicted molar refractivity (Wildman–Crippen MR) is 68.8 cm³/mol.